The van der Waals surface area contributed by atoms with Gasteiger partial charge in [-0.1, -0.05) is 0 Å². The van der Waals surface area contributed by atoms with Gasteiger partial charge in [-0.25, -0.2) is 23.4 Å². The summed E-state index contributed by atoms with van der Waals surface area (Å²) in [7, 11) is -3.42. The van der Waals surface area contributed by atoms with Gasteiger partial charge >= 0.3 is 0 Å². The smallest absolute Gasteiger partial charge is 0.161 e. The van der Waals surface area contributed by atoms with Crippen molar-refractivity contribution >= 4 is 37.9 Å². The van der Waals surface area contributed by atoms with Crippen LogP contribution >= 0.6 is 11.3 Å². The summed E-state index contributed by atoms with van der Waals surface area (Å²) >= 11 is 1.39. The SMILES string of the molecule is O=S(=O)(Cc1cscn1)Cc1cc(N2CCOCC2)nc(-c2ccc3[nH]ccc3c2)n1. The molecule has 1 N–H and O–H groups in total. The summed E-state index contributed by atoms with van der Waals surface area (Å²) in [5.41, 5.74) is 4.56. The molecule has 0 saturated carbocycles. The maximum absolute atomic E-state index is 12.8. The van der Waals surface area contributed by atoms with Gasteiger partial charge in [0.15, 0.2) is 15.7 Å². The summed E-state index contributed by atoms with van der Waals surface area (Å²) in [4.78, 5) is 18.8. The van der Waals surface area contributed by atoms with E-state index in [0.717, 1.165) is 22.3 Å². The maximum Gasteiger partial charge on any atom is 0.161 e. The Morgan fingerprint density at radius 2 is 1.90 bits per heavy atom. The van der Waals surface area contributed by atoms with Crippen LogP contribution in [0.5, 0.6) is 0 Å². The Balaban J connectivity index is 1.52. The van der Waals surface area contributed by atoms with Crippen LogP contribution in [-0.4, -0.2) is 54.7 Å². The minimum absolute atomic E-state index is 0.0992. The molecule has 1 aliphatic rings. The maximum atomic E-state index is 12.8. The van der Waals surface area contributed by atoms with Gasteiger partial charge in [-0.05, 0) is 24.3 Å². The van der Waals surface area contributed by atoms with E-state index in [4.69, 9.17) is 9.72 Å². The second-order valence-corrected chi connectivity index (χ2v) is 10.2. The van der Waals surface area contributed by atoms with Crippen molar-refractivity contribution in [2.24, 2.45) is 0 Å². The highest BCUT2D eigenvalue weighted by atomic mass is 32.2. The van der Waals surface area contributed by atoms with Gasteiger partial charge in [0.1, 0.15) is 5.82 Å². The third-order valence-corrected chi connectivity index (χ3v) is 7.24. The molecular weight excluding hydrogens is 434 g/mol. The number of morpholine rings is 1. The van der Waals surface area contributed by atoms with Crippen LogP contribution in [0.4, 0.5) is 5.82 Å². The quantitative estimate of drug-likeness (QED) is 0.477. The summed E-state index contributed by atoms with van der Waals surface area (Å²) in [6.45, 7) is 2.65. The van der Waals surface area contributed by atoms with Crippen molar-refractivity contribution in [2.45, 2.75) is 11.5 Å². The molecule has 1 aromatic carbocycles. The van der Waals surface area contributed by atoms with E-state index in [1.807, 2.05) is 30.5 Å². The highest BCUT2D eigenvalue weighted by Crippen LogP contribution is 2.25. The fourth-order valence-corrected chi connectivity index (χ4v) is 5.62. The Hall–Kier alpha value is -2.82. The van der Waals surface area contributed by atoms with Gasteiger partial charge in [0.2, 0.25) is 0 Å². The Labute approximate surface area is 183 Å². The molecule has 0 radical (unpaired) electrons. The molecule has 5 rings (SSSR count). The number of benzene rings is 1. The first-order valence-electron chi connectivity index (χ1n) is 9.91. The summed E-state index contributed by atoms with van der Waals surface area (Å²) in [6.07, 6.45) is 1.88. The third-order valence-electron chi connectivity index (χ3n) is 5.13. The highest BCUT2D eigenvalue weighted by molar-refractivity contribution is 7.89. The van der Waals surface area contributed by atoms with Crippen molar-refractivity contribution in [2.75, 3.05) is 31.2 Å². The fourth-order valence-electron chi connectivity index (χ4n) is 3.64. The fraction of sp³-hybridized carbons (Fsp3) is 0.286. The molecule has 0 spiro atoms. The van der Waals surface area contributed by atoms with E-state index < -0.39 is 9.84 Å². The first kappa shape index (κ1) is 20.1. The average molecular weight is 456 g/mol. The van der Waals surface area contributed by atoms with Crippen LogP contribution in [-0.2, 0) is 26.1 Å². The molecule has 1 aliphatic heterocycles. The van der Waals surface area contributed by atoms with Crippen molar-refractivity contribution in [1.29, 1.82) is 0 Å². The monoisotopic (exact) mass is 455 g/mol. The molecule has 4 heterocycles. The van der Waals surface area contributed by atoms with E-state index in [1.54, 1.807) is 17.0 Å². The van der Waals surface area contributed by atoms with Crippen LogP contribution in [0.25, 0.3) is 22.3 Å². The van der Waals surface area contributed by atoms with Crippen molar-refractivity contribution in [3.63, 3.8) is 0 Å². The van der Waals surface area contributed by atoms with Crippen LogP contribution in [0.15, 0.2) is 47.4 Å². The summed E-state index contributed by atoms with van der Waals surface area (Å²) in [5, 5.41) is 2.81. The van der Waals surface area contributed by atoms with Gasteiger partial charge in [-0.2, -0.15) is 0 Å². The highest BCUT2D eigenvalue weighted by Gasteiger charge is 2.20. The number of anilines is 1. The second-order valence-electron chi connectivity index (χ2n) is 7.43. The standard InChI is InChI=1S/C21H21N5O3S2/c27-31(28,13-18-11-30-14-23-18)12-17-10-20(26-5-7-29-8-6-26)25-21(24-17)16-1-2-19-15(9-16)3-4-22-19/h1-4,9-11,14,22H,5-8,12-13H2. The lowest BCUT2D eigenvalue weighted by atomic mass is 10.1. The molecule has 10 heteroatoms. The summed E-state index contributed by atoms with van der Waals surface area (Å²) in [6, 6.07) is 9.71. The van der Waals surface area contributed by atoms with Crippen molar-refractivity contribution < 1.29 is 13.2 Å². The van der Waals surface area contributed by atoms with Crippen LogP contribution in [0.1, 0.15) is 11.4 Å². The van der Waals surface area contributed by atoms with E-state index >= 15 is 0 Å². The van der Waals surface area contributed by atoms with E-state index in [2.05, 4.69) is 19.9 Å². The Kier molecular flexibility index (Phi) is 5.43. The lowest BCUT2D eigenvalue weighted by molar-refractivity contribution is 0.122. The minimum atomic E-state index is -3.42. The number of nitrogens with one attached hydrogen (secondary N) is 1. The van der Waals surface area contributed by atoms with Gasteiger partial charge in [-0.3, -0.25) is 0 Å². The molecule has 0 unspecified atom stereocenters. The first-order chi connectivity index (χ1) is 15.1. The van der Waals surface area contributed by atoms with Crippen LogP contribution in [0, 0.1) is 0 Å². The van der Waals surface area contributed by atoms with E-state index in [1.165, 1.54) is 11.3 Å². The Morgan fingerprint density at radius 1 is 1.06 bits per heavy atom. The number of nitrogens with zero attached hydrogens (tertiary/aromatic N) is 4. The molecule has 8 nitrogen and oxygen atoms in total. The zero-order valence-corrected chi connectivity index (χ0v) is 18.3. The van der Waals surface area contributed by atoms with Gasteiger partial charge in [-0.15, -0.1) is 11.3 Å². The average Bonchev–Trinajstić information content (AvgIpc) is 3.44. The molecule has 160 valence electrons. The molecular formula is C21H21N5O3S2. The molecule has 31 heavy (non-hydrogen) atoms. The molecule has 0 amide bonds. The minimum Gasteiger partial charge on any atom is -0.378 e. The van der Waals surface area contributed by atoms with E-state index in [9.17, 15) is 8.42 Å². The molecule has 0 atom stereocenters. The van der Waals surface area contributed by atoms with Crippen LogP contribution in [0.2, 0.25) is 0 Å². The molecule has 0 aliphatic carbocycles. The lowest BCUT2D eigenvalue weighted by Crippen LogP contribution is -2.37. The predicted octanol–water partition coefficient (Wildman–Crippen LogP) is 3.03. The lowest BCUT2D eigenvalue weighted by Gasteiger charge is -2.28. The number of ether oxygens (including phenoxy) is 1. The largest absolute Gasteiger partial charge is 0.378 e. The van der Waals surface area contributed by atoms with Crippen LogP contribution < -0.4 is 4.90 Å². The predicted molar refractivity (Wildman–Crippen MR) is 121 cm³/mol. The number of hydrogen-bond acceptors (Lipinski definition) is 8. The van der Waals surface area contributed by atoms with E-state index in [0.29, 0.717) is 43.5 Å². The first-order valence-corrected chi connectivity index (χ1v) is 12.7. The summed E-state index contributed by atoms with van der Waals surface area (Å²) in [5.74, 6) is 0.981. The zero-order chi connectivity index (χ0) is 21.3. The number of aromatic nitrogens is 4. The number of hydrogen-bond donors (Lipinski definition) is 1. The van der Waals surface area contributed by atoms with Gasteiger partial charge in [0.05, 0.1) is 41.6 Å². The second kappa shape index (κ2) is 8.37. The van der Waals surface area contributed by atoms with Gasteiger partial charge in [0, 0.05) is 47.2 Å². The number of H-pyrrole nitrogens is 1. The number of thiazole rings is 1. The number of aromatic amines is 1. The molecule has 3 aromatic heterocycles. The topological polar surface area (TPSA) is 101 Å². The Bertz CT molecular complexity index is 1300. The molecule has 4 aromatic rings. The number of sulfone groups is 1. The third kappa shape index (κ3) is 4.60. The van der Waals surface area contributed by atoms with Crippen molar-refractivity contribution in [3.8, 4) is 11.4 Å². The van der Waals surface area contributed by atoms with Crippen molar-refractivity contribution in [1.82, 2.24) is 19.9 Å². The zero-order valence-electron chi connectivity index (χ0n) is 16.7. The number of rotatable bonds is 6. The van der Waals surface area contributed by atoms with Gasteiger partial charge in [0.25, 0.3) is 0 Å². The molecule has 0 bridgehead atoms. The molecule has 1 fully saturated rings. The normalized spacial score (nSPS) is 14.9. The van der Waals surface area contributed by atoms with Crippen LogP contribution in [0.3, 0.4) is 0 Å². The Morgan fingerprint density at radius 3 is 2.71 bits per heavy atom. The van der Waals surface area contributed by atoms with E-state index in [-0.39, 0.29) is 11.5 Å². The summed E-state index contributed by atoms with van der Waals surface area (Å²) < 4.78 is 31.1. The molecule has 1 saturated heterocycles. The van der Waals surface area contributed by atoms with Gasteiger partial charge < -0.3 is 14.6 Å². The van der Waals surface area contributed by atoms with Crippen molar-refractivity contribution in [3.05, 3.63) is 58.8 Å². The number of fused-ring (bicyclic) bond motifs is 1.